The van der Waals surface area contributed by atoms with Crippen molar-refractivity contribution >= 4 is 11.6 Å². The highest BCUT2D eigenvalue weighted by Crippen LogP contribution is 2.32. The smallest absolute Gasteiger partial charge is 0.231 e. The van der Waals surface area contributed by atoms with Crippen LogP contribution in [0.4, 0.5) is 10.1 Å². The van der Waals surface area contributed by atoms with Crippen molar-refractivity contribution in [3.63, 3.8) is 0 Å². The minimum absolute atomic E-state index is 0.0654. The van der Waals surface area contributed by atoms with E-state index in [1.807, 2.05) is 18.2 Å². The Morgan fingerprint density at radius 1 is 1.21 bits per heavy atom. The summed E-state index contributed by atoms with van der Waals surface area (Å²) in [6.07, 6.45) is 2.45. The highest BCUT2D eigenvalue weighted by atomic mass is 19.1. The molecule has 0 unspecified atom stereocenters. The summed E-state index contributed by atoms with van der Waals surface area (Å²) in [5.74, 6) is 0.270. The first kappa shape index (κ1) is 14.6. The molecular formula is C19H15FN2O2. The lowest BCUT2D eigenvalue weighted by molar-refractivity contribution is -0.117. The SMILES string of the molecule is O=C(Cc1ccccc1F)N1CCc2cc(-c3ccno3)ccc21. The molecule has 0 spiro atoms. The average molecular weight is 322 g/mol. The third-order valence-corrected chi connectivity index (χ3v) is 4.30. The van der Waals surface area contributed by atoms with E-state index in [1.165, 1.54) is 6.07 Å². The van der Waals surface area contributed by atoms with Crippen LogP contribution < -0.4 is 4.90 Å². The highest BCUT2D eigenvalue weighted by Gasteiger charge is 2.25. The lowest BCUT2D eigenvalue weighted by Crippen LogP contribution is -2.30. The largest absolute Gasteiger partial charge is 0.356 e. The molecule has 0 radical (unpaired) electrons. The van der Waals surface area contributed by atoms with Crippen molar-refractivity contribution in [1.82, 2.24) is 5.16 Å². The predicted molar refractivity (Wildman–Crippen MR) is 88.1 cm³/mol. The summed E-state index contributed by atoms with van der Waals surface area (Å²) in [7, 11) is 0. The zero-order chi connectivity index (χ0) is 16.5. The molecule has 2 heterocycles. The van der Waals surface area contributed by atoms with Gasteiger partial charge in [-0.1, -0.05) is 23.4 Å². The number of aromatic nitrogens is 1. The van der Waals surface area contributed by atoms with Gasteiger partial charge in [-0.15, -0.1) is 0 Å². The van der Waals surface area contributed by atoms with Gasteiger partial charge in [0.05, 0.1) is 12.6 Å². The quantitative estimate of drug-likeness (QED) is 0.740. The maximum atomic E-state index is 13.8. The summed E-state index contributed by atoms with van der Waals surface area (Å²) in [6.45, 7) is 0.614. The van der Waals surface area contributed by atoms with Crippen LogP contribution in [0.1, 0.15) is 11.1 Å². The summed E-state index contributed by atoms with van der Waals surface area (Å²) < 4.78 is 18.9. The van der Waals surface area contributed by atoms with Gasteiger partial charge in [-0.05, 0) is 41.8 Å². The number of hydrogen-bond acceptors (Lipinski definition) is 3. The molecule has 1 amide bonds. The molecule has 0 fully saturated rings. The molecule has 5 heteroatoms. The molecule has 3 aromatic rings. The van der Waals surface area contributed by atoms with Crippen LogP contribution in [0.2, 0.25) is 0 Å². The van der Waals surface area contributed by atoms with Crippen molar-refractivity contribution in [3.8, 4) is 11.3 Å². The Kier molecular flexibility index (Phi) is 3.61. The number of amides is 1. The zero-order valence-corrected chi connectivity index (χ0v) is 12.9. The van der Waals surface area contributed by atoms with Crippen LogP contribution in [0, 0.1) is 5.82 Å². The molecule has 0 N–H and O–H groups in total. The second-order valence-corrected chi connectivity index (χ2v) is 5.78. The van der Waals surface area contributed by atoms with Crippen molar-refractivity contribution in [1.29, 1.82) is 0 Å². The maximum absolute atomic E-state index is 13.8. The Bertz CT molecular complexity index is 890. The van der Waals surface area contributed by atoms with Crippen molar-refractivity contribution in [2.24, 2.45) is 0 Å². The molecule has 1 aliphatic heterocycles. The molecular weight excluding hydrogens is 307 g/mol. The monoisotopic (exact) mass is 322 g/mol. The number of carbonyl (C=O) groups excluding carboxylic acids is 1. The second kappa shape index (κ2) is 5.92. The van der Waals surface area contributed by atoms with Gasteiger partial charge in [-0.2, -0.15) is 0 Å². The number of nitrogens with zero attached hydrogens (tertiary/aromatic N) is 2. The molecule has 0 bridgehead atoms. The number of benzene rings is 2. The average Bonchev–Trinajstić information content (AvgIpc) is 3.25. The van der Waals surface area contributed by atoms with Crippen molar-refractivity contribution in [2.75, 3.05) is 11.4 Å². The van der Waals surface area contributed by atoms with Gasteiger partial charge in [-0.3, -0.25) is 4.79 Å². The topological polar surface area (TPSA) is 46.3 Å². The van der Waals surface area contributed by atoms with Crippen molar-refractivity contribution < 1.29 is 13.7 Å². The fourth-order valence-corrected chi connectivity index (χ4v) is 3.08. The van der Waals surface area contributed by atoms with Gasteiger partial charge >= 0.3 is 0 Å². The number of carbonyl (C=O) groups is 1. The third-order valence-electron chi connectivity index (χ3n) is 4.30. The Morgan fingerprint density at radius 3 is 2.88 bits per heavy atom. The Labute approximate surface area is 138 Å². The summed E-state index contributed by atoms with van der Waals surface area (Å²) in [5, 5.41) is 3.72. The van der Waals surface area contributed by atoms with Crippen LogP contribution in [-0.4, -0.2) is 17.6 Å². The van der Waals surface area contributed by atoms with Gasteiger partial charge in [0.25, 0.3) is 0 Å². The van der Waals surface area contributed by atoms with E-state index in [0.717, 1.165) is 23.2 Å². The molecule has 4 nitrogen and oxygen atoms in total. The summed E-state index contributed by atoms with van der Waals surface area (Å²) in [6, 6.07) is 14.0. The standard InChI is InChI=1S/C19H15FN2O2/c20-16-4-2-1-3-13(16)12-19(23)22-10-8-14-11-15(5-6-17(14)22)18-7-9-21-24-18/h1-7,9,11H,8,10,12H2. The number of rotatable bonds is 3. The molecule has 4 rings (SSSR count). The normalized spacial score (nSPS) is 13.1. The van der Waals surface area contributed by atoms with Crippen LogP contribution in [-0.2, 0) is 17.6 Å². The van der Waals surface area contributed by atoms with E-state index in [1.54, 1.807) is 35.4 Å². The van der Waals surface area contributed by atoms with Crippen molar-refractivity contribution in [2.45, 2.75) is 12.8 Å². The summed E-state index contributed by atoms with van der Waals surface area (Å²) in [5.41, 5.74) is 3.34. The van der Waals surface area contributed by atoms with E-state index >= 15 is 0 Å². The molecule has 120 valence electrons. The van der Waals surface area contributed by atoms with Crippen LogP contribution in [0.5, 0.6) is 0 Å². The summed E-state index contributed by atoms with van der Waals surface area (Å²) >= 11 is 0. The van der Waals surface area contributed by atoms with Gasteiger partial charge in [0.2, 0.25) is 5.91 Å². The lowest BCUT2D eigenvalue weighted by atomic mass is 10.1. The predicted octanol–water partition coefficient (Wildman–Crippen LogP) is 3.61. The number of halogens is 1. The molecule has 0 saturated carbocycles. The van der Waals surface area contributed by atoms with E-state index in [-0.39, 0.29) is 18.1 Å². The van der Waals surface area contributed by atoms with E-state index in [0.29, 0.717) is 17.9 Å². The van der Waals surface area contributed by atoms with E-state index in [4.69, 9.17) is 4.52 Å². The second-order valence-electron chi connectivity index (χ2n) is 5.78. The Hall–Kier alpha value is -2.95. The molecule has 0 saturated heterocycles. The lowest BCUT2D eigenvalue weighted by Gasteiger charge is -2.17. The fraction of sp³-hybridized carbons (Fsp3) is 0.158. The first-order chi connectivity index (χ1) is 11.7. The van der Waals surface area contributed by atoms with Crippen LogP contribution in [0.25, 0.3) is 11.3 Å². The number of hydrogen-bond donors (Lipinski definition) is 0. The molecule has 0 atom stereocenters. The van der Waals surface area contributed by atoms with Gasteiger partial charge in [0.1, 0.15) is 5.82 Å². The first-order valence-electron chi connectivity index (χ1n) is 7.80. The fourth-order valence-electron chi connectivity index (χ4n) is 3.08. The van der Waals surface area contributed by atoms with Gasteiger partial charge < -0.3 is 9.42 Å². The highest BCUT2D eigenvalue weighted by molar-refractivity contribution is 5.97. The Balaban J connectivity index is 1.58. The molecule has 1 aromatic heterocycles. The van der Waals surface area contributed by atoms with Crippen LogP contribution in [0.15, 0.2) is 59.3 Å². The molecule has 2 aromatic carbocycles. The van der Waals surface area contributed by atoms with Gasteiger partial charge in [-0.25, -0.2) is 4.39 Å². The minimum Gasteiger partial charge on any atom is -0.356 e. The van der Waals surface area contributed by atoms with Gasteiger partial charge in [0, 0.05) is 23.9 Å². The van der Waals surface area contributed by atoms with Crippen LogP contribution >= 0.6 is 0 Å². The molecule has 0 aliphatic carbocycles. The van der Waals surface area contributed by atoms with E-state index in [2.05, 4.69) is 5.16 Å². The van der Waals surface area contributed by atoms with Crippen LogP contribution in [0.3, 0.4) is 0 Å². The molecule has 24 heavy (non-hydrogen) atoms. The number of anilines is 1. The molecule has 1 aliphatic rings. The van der Waals surface area contributed by atoms with E-state index in [9.17, 15) is 9.18 Å². The maximum Gasteiger partial charge on any atom is 0.231 e. The van der Waals surface area contributed by atoms with E-state index < -0.39 is 0 Å². The van der Waals surface area contributed by atoms with Crippen molar-refractivity contribution in [3.05, 3.63) is 71.7 Å². The first-order valence-corrected chi connectivity index (χ1v) is 7.80. The zero-order valence-electron chi connectivity index (χ0n) is 12.9. The Morgan fingerprint density at radius 2 is 2.08 bits per heavy atom. The minimum atomic E-state index is -0.342. The van der Waals surface area contributed by atoms with Gasteiger partial charge in [0.15, 0.2) is 5.76 Å². The number of fused-ring (bicyclic) bond motifs is 1. The summed E-state index contributed by atoms with van der Waals surface area (Å²) in [4.78, 5) is 14.3. The third kappa shape index (κ3) is 2.58.